The van der Waals surface area contributed by atoms with Gasteiger partial charge in [-0.15, -0.1) is 0 Å². The SMILES string of the molecule is CCCCCC/C=C\COC(=O)CCCCCCCN(CCCc1ccc(C(=O)OC/C=C\CCCCCC)cc1)C(=O)OC(C)(C)C.CCCCCC/C=C\COC(=O)CCCCCCCNCCCc1ccc(C(=O)OC/C=C\CCCCCC)cc1. The Morgan fingerprint density at radius 3 is 1.12 bits per heavy atom. The van der Waals surface area contributed by atoms with Crippen molar-refractivity contribution in [1.29, 1.82) is 0 Å². The Morgan fingerprint density at radius 1 is 0.382 bits per heavy atom. The summed E-state index contributed by atoms with van der Waals surface area (Å²) in [6, 6.07) is 15.3. The van der Waals surface area contributed by atoms with Crippen LogP contribution in [0.25, 0.3) is 0 Å². The maximum absolute atomic E-state index is 12.9. The molecule has 0 heterocycles. The van der Waals surface area contributed by atoms with Crippen LogP contribution in [0.5, 0.6) is 0 Å². The van der Waals surface area contributed by atoms with E-state index in [4.69, 9.17) is 23.7 Å². The second-order valence-corrected chi connectivity index (χ2v) is 24.7. The molecule has 1 N–H and O–H groups in total. The van der Waals surface area contributed by atoms with Crippen LogP contribution in [0.15, 0.2) is 97.1 Å². The molecule has 2 aromatic rings. The zero-order valence-electron chi connectivity index (χ0n) is 57.4. The van der Waals surface area contributed by atoms with Crippen molar-refractivity contribution >= 4 is 30.0 Å². The van der Waals surface area contributed by atoms with E-state index in [1.165, 1.54) is 121 Å². The van der Waals surface area contributed by atoms with Crippen LogP contribution in [-0.2, 0) is 46.1 Å². The van der Waals surface area contributed by atoms with Crippen LogP contribution in [0, 0.1) is 0 Å². The summed E-state index contributed by atoms with van der Waals surface area (Å²) < 4.78 is 27.0. The predicted molar refractivity (Wildman–Crippen MR) is 370 cm³/mol. The van der Waals surface area contributed by atoms with Gasteiger partial charge in [0.1, 0.15) is 32.0 Å². The summed E-state index contributed by atoms with van der Waals surface area (Å²) in [5, 5.41) is 3.53. The van der Waals surface area contributed by atoms with Gasteiger partial charge >= 0.3 is 30.0 Å². The van der Waals surface area contributed by atoms with E-state index >= 15 is 0 Å². The Kier molecular flexibility index (Phi) is 53.9. The van der Waals surface area contributed by atoms with Crippen molar-refractivity contribution in [1.82, 2.24) is 10.2 Å². The lowest BCUT2D eigenvalue weighted by atomic mass is 10.1. The normalized spacial score (nSPS) is 11.6. The highest BCUT2D eigenvalue weighted by molar-refractivity contribution is 5.90. The van der Waals surface area contributed by atoms with Crippen molar-refractivity contribution in [2.45, 2.75) is 285 Å². The maximum atomic E-state index is 12.9. The Labute approximate surface area is 542 Å². The van der Waals surface area contributed by atoms with E-state index in [9.17, 15) is 24.0 Å². The molecule has 0 atom stereocenters. The minimum atomic E-state index is -0.552. The first kappa shape index (κ1) is 81.5. The second kappa shape index (κ2) is 58.9. The van der Waals surface area contributed by atoms with Crippen LogP contribution in [0.4, 0.5) is 4.79 Å². The fraction of sp³-hybridized carbons (Fsp3) is 0.675. The van der Waals surface area contributed by atoms with Crippen LogP contribution in [0.1, 0.15) is 299 Å². The summed E-state index contributed by atoms with van der Waals surface area (Å²) in [4.78, 5) is 63.1. The predicted octanol–water partition coefficient (Wildman–Crippen LogP) is 20.3. The number of carbonyl (C=O) groups excluding carboxylic acids is 5. The molecule has 0 saturated heterocycles. The number of amides is 1. The quantitative estimate of drug-likeness (QED) is 0.0292. The largest absolute Gasteiger partial charge is 0.461 e. The van der Waals surface area contributed by atoms with Crippen molar-refractivity contribution in [3.05, 3.63) is 119 Å². The van der Waals surface area contributed by atoms with Crippen molar-refractivity contribution < 1.29 is 47.7 Å². The lowest BCUT2D eigenvalue weighted by Crippen LogP contribution is -2.38. The number of rotatable bonds is 54. The molecule has 0 unspecified atom stereocenters. The number of nitrogens with one attached hydrogen (secondary N) is 1. The first-order valence-electron chi connectivity index (χ1n) is 35.4. The molecule has 12 heteroatoms. The molecular weight excluding hydrogens is 1110 g/mol. The maximum Gasteiger partial charge on any atom is 0.410 e. The third-order valence-electron chi connectivity index (χ3n) is 15.2. The Balaban J connectivity index is 0.000000901. The Hall–Kier alpha value is -5.49. The molecule has 0 radical (unpaired) electrons. The number of unbranched alkanes of at least 4 members (excludes halogenated alkanes) is 24. The molecule has 1 amide bonds. The smallest absolute Gasteiger partial charge is 0.410 e. The van der Waals surface area contributed by atoms with E-state index in [2.05, 4.69) is 57.3 Å². The summed E-state index contributed by atoms with van der Waals surface area (Å²) in [6.45, 7) is 19.2. The fourth-order valence-corrected chi connectivity index (χ4v) is 9.74. The molecular formula is C77H126N2O10. The van der Waals surface area contributed by atoms with Gasteiger partial charge in [-0.2, -0.15) is 0 Å². The number of carbonyl (C=O) groups is 5. The van der Waals surface area contributed by atoms with Gasteiger partial charge in [0.2, 0.25) is 0 Å². The van der Waals surface area contributed by atoms with Gasteiger partial charge in [0.25, 0.3) is 0 Å². The summed E-state index contributed by atoms with van der Waals surface area (Å²) >= 11 is 0. The zero-order valence-corrected chi connectivity index (χ0v) is 57.4. The molecule has 2 aromatic carbocycles. The van der Waals surface area contributed by atoms with E-state index in [1.807, 2.05) is 98.5 Å². The zero-order chi connectivity index (χ0) is 64.9. The number of nitrogens with zero attached hydrogens (tertiary/aromatic N) is 1. The number of hydrogen-bond donors (Lipinski definition) is 1. The second-order valence-electron chi connectivity index (χ2n) is 24.7. The minimum Gasteiger partial charge on any atom is -0.461 e. The van der Waals surface area contributed by atoms with E-state index in [-0.39, 0.29) is 30.0 Å². The van der Waals surface area contributed by atoms with Gasteiger partial charge < -0.3 is 33.9 Å². The van der Waals surface area contributed by atoms with Crippen LogP contribution in [0.3, 0.4) is 0 Å². The highest BCUT2D eigenvalue weighted by Crippen LogP contribution is 2.16. The van der Waals surface area contributed by atoms with E-state index in [1.54, 1.807) is 0 Å². The average Bonchev–Trinajstić information content (AvgIpc) is 3.63. The van der Waals surface area contributed by atoms with Gasteiger partial charge in [-0.3, -0.25) is 9.59 Å². The molecule has 0 saturated carbocycles. The number of esters is 4. The number of aryl methyl sites for hydroxylation is 2. The number of allylic oxidation sites excluding steroid dienone is 4. The molecule has 2 rings (SSSR count). The lowest BCUT2D eigenvalue weighted by molar-refractivity contribution is -0.143. The van der Waals surface area contributed by atoms with Gasteiger partial charge in [0.05, 0.1) is 11.1 Å². The molecule has 89 heavy (non-hydrogen) atoms. The van der Waals surface area contributed by atoms with Crippen molar-refractivity contribution in [3.63, 3.8) is 0 Å². The topological polar surface area (TPSA) is 147 Å². The molecule has 0 aliphatic carbocycles. The third-order valence-corrected chi connectivity index (χ3v) is 15.2. The minimum absolute atomic E-state index is 0.0758. The van der Waals surface area contributed by atoms with Gasteiger partial charge in [-0.25, -0.2) is 14.4 Å². The van der Waals surface area contributed by atoms with E-state index in [0.29, 0.717) is 63.5 Å². The number of hydrogen-bond acceptors (Lipinski definition) is 11. The molecule has 0 fully saturated rings. The molecule has 0 bridgehead atoms. The molecule has 0 aromatic heterocycles. The summed E-state index contributed by atoms with van der Waals surface area (Å²) in [5.74, 6) is -0.782. The summed E-state index contributed by atoms with van der Waals surface area (Å²) in [5.41, 5.74) is 2.96. The van der Waals surface area contributed by atoms with Crippen LogP contribution < -0.4 is 5.32 Å². The van der Waals surface area contributed by atoms with Crippen molar-refractivity contribution in [2.75, 3.05) is 52.6 Å². The number of ether oxygens (including phenoxy) is 5. The van der Waals surface area contributed by atoms with Gasteiger partial charge in [0.15, 0.2) is 0 Å². The van der Waals surface area contributed by atoms with Gasteiger partial charge in [-0.1, -0.05) is 216 Å². The van der Waals surface area contributed by atoms with Gasteiger partial charge in [-0.05, 0) is 172 Å². The van der Waals surface area contributed by atoms with Crippen molar-refractivity contribution in [3.8, 4) is 0 Å². The standard InChI is InChI=1S/C41H67NO6.C36H59NO4/c1-6-8-10-12-14-19-23-34-46-38(43)27-21-17-16-18-22-32-42(40(45)48-41(3,4)5)33-25-26-36-28-30-37(31-29-36)39(44)47-35-24-20-15-13-11-9-7-2;1-3-5-7-9-11-16-20-31-40-35(38)24-18-14-13-15-19-29-37-30-22-23-33-25-27-34(28-26-33)36(39)41-32-21-17-12-10-8-6-4-2/h19-20,23-24,28-31H,6-18,21-22,25-27,32-35H2,1-5H3;16-17,20-21,25-28,37H,3-15,18-19,22-24,29-32H2,1-2H3/b23-19-,24-20-;20-16-,21-17-. The molecule has 0 spiro atoms. The average molecular weight is 1240 g/mol. The van der Waals surface area contributed by atoms with Crippen LogP contribution in [-0.4, -0.2) is 93.1 Å². The first-order chi connectivity index (χ1) is 43.3. The van der Waals surface area contributed by atoms with Gasteiger partial charge in [0, 0.05) is 25.9 Å². The van der Waals surface area contributed by atoms with E-state index in [0.717, 1.165) is 121 Å². The molecule has 504 valence electrons. The molecule has 0 aliphatic rings. The van der Waals surface area contributed by atoms with Crippen LogP contribution >= 0.6 is 0 Å². The monoisotopic (exact) mass is 1240 g/mol. The Bertz CT molecular complexity index is 2160. The molecule has 12 nitrogen and oxygen atoms in total. The Morgan fingerprint density at radius 2 is 0.719 bits per heavy atom. The molecule has 0 aliphatic heterocycles. The third kappa shape index (κ3) is 51.9. The lowest BCUT2D eigenvalue weighted by Gasteiger charge is -2.27. The highest BCUT2D eigenvalue weighted by Gasteiger charge is 2.22. The van der Waals surface area contributed by atoms with Crippen LogP contribution in [0.2, 0.25) is 0 Å². The fourth-order valence-electron chi connectivity index (χ4n) is 9.74. The van der Waals surface area contributed by atoms with E-state index < -0.39 is 5.60 Å². The number of benzene rings is 2. The van der Waals surface area contributed by atoms with Crippen molar-refractivity contribution in [2.24, 2.45) is 0 Å². The summed E-state index contributed by atoms with van der Waals surface area (Å²) in [6.07, 6.45) is 54.9. The first-order valence-corrected chi connectivity index (χ1v) is 35.4. The highest BCUT2D eigenvalue weighted by atomic mass is 16.6. The summed E-state index contributed by atoms with van der Waals surface area (Å²) in [7, 11) is 0.